The van der Waals surface area contributed by atoms with Gasteiger partial charge in [0.1, 0.15) is 11.5 Å². The van der Waals surface area contributed by atoms with Crippen LogP contribution < -0.4 is 0 Å². The summed E-state index contributed by atoms with van der Waals surface area (Å²) in [6, 6.07) is 14.5. The number of nitrogens with zero attached hydrogens (tertiary/aromatic N) is 5. The van der Waals surface area contributed by atoms with E-state index in [2.05, 4.69) is 10.00 Å². The van der Waals surface area contributed by atoms with Crippen LogP contribution in [0.4, 0.5) is 4.39 Å². The van der Waals surface area contributed by atoms with Crippen LogP contribution in [0.2, 0.25) is 10.0 Å². The zero-order valence-electron chi connectivity index (χ0n) is 17.3. The zero-order valence-corrected chi connectivity index (χ0v) is 18.8. The van der Waals surface area contributed by atoms with E-state index in [4.69, 9.17) is 28.3 Å². The van der Waals surface area contributed by atoms with Gasteiger partial charge in [-0.3, -0.25) is 9.58 Å². The molecular weight excluding hydrogens is 448 g/mol. The molecule has 2 aromatic carbocycles. The van der Waals surface area contributed by atoms with Crippen molar-refractivity contribution in [1.82, 2.24) is 24.5 Å². The lowest BCUT2D eigenvalue weighted by Gasteiger charge is -2.32. The Morgan fingerprint density at radius 3 is 2.53 bits per heavy atom. The lowest BCUT2D eigenvalue weighted by atomic mass is 10.0. The van der Waals surface area contributed by atoms with Crippen LogP contribution in [0.5, 0.6) is 0 Å². The van der Waals surface area contributed by atoms with Gasteiger partial charge in [-0.05, 0) is 49.2 Å². The Bertz CT molecular complexity index is 1210. The number of likely N-dealkylation sites (tertiary alicyclic amines) is 1. The number of benzene rings is 2. The SMILES string of the molecule is Fc1ccccc1-c1nn(-c2ccc(Cl)c(Cl)c2)cc1CN1CCC(n2cccn2)CC1. The molecule has 0 amide bonds. The first kappa shape index (κ1) is 21.2. The van der Waals surface area contributed by atoms with Gasteiger partial charge in [0.2, 0.25) is 0 Å². The van der Waals surface area contributed by atoms with Gasteiger partial charge in [0.05, 0.1) is 21.8 Å². The fourth-order valence-electron chi connectivity index (χ4n) is 4.24. The topological polar surface area (TPSA) is 38.9 Å². The van der Waals surface area contributed by atoms with Crippen LogP contribution in [0.15, 0.2) is 67.1 Å². The van der Waals surface area contributed by atoms with Gasteiger partial charge < -0.3 is 0 Å². The van der Waals surface area contributed by atoms with Gasteiger partial charge >= 0.3 is 0 Å². The number of halogens is 3. The maximum atomic E-state index is 14.7. The summed E-state index contributed by atoms with van der Waals surface area (Å²) in [6.45, 7) is 2.58. The van der Waals surface area contributed by atoms with Crippen molar-refractivity contribution in [2.45, 2.75) is 25.4 Å². The number of hydrogen-bond donors (Lipinski definition) is 0. The quantitative estimate of drug-likeness (QED) is 0.358. The summed E-state index contributed by atoms with van der Waals surface area (Å²) >= 11 is 12.3. The molecule has 0 radical (unpaired) electrons. The van der Waals surface area contributed by atoms with Crippen molar-refractivity contribution in [2.75, 3.05) is 13.1 Å². The van der Waals surface area contributed by atoms with Crippen molar-refractivity contribution in [3.63, 3.8) is 0 Å². The fourth-order valence-corrected chi connectivity index (χ4v) is 4.54. The first-order valence-electron chi connectivity index (χ1n) is 10.6. The average Bonchev–Trinajstić information content (AvgIpc) is 3.47. The molecule has 0 spiro atoms. The number of aromatic nitrogens is 4. The molecule has 4 aromatic rings. The van der Waals surface area contributed by atoms with E-state index in [1.165, 1.54) is 6.07 Å². The van der Waals surface area contributed by atoms with Gasteiger partial charge in [-0.25, -0.2) is 9.07 Å². The van der Waals surface area contributed by atoms with Crippen molar-refractivity contribution < 1.29 is 4.39 Å². The van der Waals surface area contributed by atoms with Crippen molar-refractivity contribution >= 4 is 23.2 Å². The molecular formula is C24H22Cl2FN5. The Morgan fingerprint density at radius 1 is 1.00 bits per heavy atom. The zero-order chi connectivity index (χ0) is 22.1. The molecule has 0 unspecified atom stereocenters. The minimum atomic E-state index is -0.287. The highest BCUT2D eigenvalue weighted by molar-refractivity contribution is 6.42. The van der Waals surface area contributed by atoms with Crippen LogP contribution in [-0.4, -0.2) is 37.6 Å². The van der Waals surface area contributed by atoms with E-state index in [1.54, 1.807) is 28.9 Å². The Labute approximate surface area is 196 Å². The molecule has 5 nitrogen and oxygen atoms in total. The lowest BCUT2D eigenvalue weighted by molar-refractivity contribution is 0.173. The molecule has 3 heterocycles. The van der Waals surface area contributed by atoms with Crippen LogP contribution in [0.1, 0.15) is 24.4 Å². The molecule has 2 aromatic heterocycles. The lowest BCUT2D eigenvalue weighted by Crippen LogP contribution is -2.34. The average molecular weight is 470 g/mol. The molecule has 32 heavy (non-hydrogen) atoms. The Hall–Kier alpha value is -2.67. The molecule has 0 N–H and O–H groups in total. The molecule has 1 aliphatic heterocycles. The van der Waals surface area contributed by atoms with Crippen molar-refractivity contribution in [3.8, 4) is 16.9 Å². The highest BCUT2D eigenvalue weighted by Crippen LogP contribution is 2.30. The predicted molar refractivity (Wildman–Crippen MR) is 125 cm³/mol. The van der Waals surface area contributed by atoms with E-state index in [-0.39, 0.29) is 5.82 Å². The van der Waals surface area contributed by atoms with Gasteiger partial charge in [-0.2, -0.15) is 10.2 Å². The number of piperidine rings is 1. The van der Waals surface area contributed by atoms with E-state index in [0.717, 1.165) is 37.2 Å². The van der Waals surface area contributed by atoms with Crippen LogP contribution in [0.3, 0.4) is 0 Å². The predicted octanol–water partition coefficient (Wildman–Crippen LogP) is 6.02. The molecule has 0 bridgehead atoms. The summed E-state index contributed by atoms with van der Waals surface area (Å²) in [7, 11) is 0. The molecule has 0 saturated carbocycles. The molecule has 8 heteroatoms. The highest BCUT2D eigenvalue weighted by atomic mass is 35.5. The van der Waals surface area contributed by atoms with Crippen molar-refractivity contribution in [2.24, 2.45) is 0 Å². The van der Waals surface area contributed by atoms with Crippen LogP contribution in [-0.2, 0) is 6.54 Å². The maximum absolute atomic E-state index is 14.7. The molecule has 0 atom stereocenters. The first-order valence-corrected chi connectivity index (χ1v) is 11.3. The molecule has 1 fully saturated rings. The molecule has 5 rings (SSSR count). The number of hydrogen-bond acceptors (Lipinski definition) is 3. The second-order valence-electron chi connectivity index (χ2n) is 8.02. The van der Waals surface area contributed by atoms with Gasteiger partial charge in [-0.1, -0.05) is 35.3 Å². The van der Waals surface area contributed by atoms with E-state index in [9.17, 15) is 4.39 Å². The summed E-state index contributed by atoms with van der Waals surface area (Å²) in [5, 5.41) is 10.1. The second kappa shape index (κ2) is 9.06. The second-order valence-corrected chi connectivity index (χ2v) is 8.83. The Kier molecular flexibility index (Phi) is 6.00. The monoisotopic (exact) mass is 469 g/mol. The van der Waals surface area contributed by atoms with Crippen LogP contribution >= 0.6 is 23.2 Å². The normalized spacial score (nSPS) is 15.3. The van der Waals surface area contributed by atoms with Gasteiger partial charge in [0.15, 0.2) is 0 Å². The van der Waals surface area contributed by atoms with Crippen LogP contribution in [0, 0.1) is 5.82 Å². The largest absolute Gasteiger partial charge is 0.299 e. The van der Waals surface area contributed by atoms with E-state index in [1.807, 2.05) is 41.5 Å². The third-order valence-corrected chi connectivity index (χ3v) is 6.68. The summed E-state index contributed by atoms with van der Waals surface area (Å²) in [6.07, 6.45) is 7.86. The number of rotatable bonds is 5. The van der Waals surface area contributed by atoms with Gasteiger partial charge in [-0.15, -0.1) is 0 Å². The minimum Gasteiger partial charge on any atom is -0.299 e. The Morgan fingerprint density at radius 2 is 1.81 bits per heavy atom. The maximum Gasteiger partial charge on any atom is 0.132 e. The van der Waals surface area contributed by atoms with Crippen molar-refractivity contribution in [3.05, 3.63) is 88.5 Å². The third-order valence-electron chi connectivity index (χ3n) is 5.94. The van der Waals surface area contributed by atoms with E-state index < -0.39 is 0 Å². The van der Waals surface area contributed by atoms with Gasteiger partial charge in [0, 0.05) is 49.4 Å². The summed E-state index contributed by atoms with van der Waals surface area (Å²) in [5.41, 5.74) is 2.88. The van der Waals surface area contributed by atoms with Crippen LogP contribution in [0.25, 0.3) is 16.9 Å². The highest BCUT2D eigenvalue weighted by Gasteiger charge is 2.23. The summed E-state index contributed by atoms with van der Waals surface area (Å²) in [4.78, 5) is 2.39. The van der Waals surface area contributed by atoms with Gasteiger partial charge in [0.25, 0.3) is 0 Å². The molecule has 1 saturated heterocycles. The summed E-state index contributed by atoms with van der Waals surface area (Å²) < 4.78 is 18.5. The summed E-state index contributed by atoms with van der Waals surface area (Å²) in [5.74, 6) is -0.287. The first-order chi connectivity index (χ1) is 15.6. The van der Waals surface area contributed by atoms with E-state index in [0.29, 0.717) is 33.9 Å². The smallest absolute Gasteiger partial charge is 0.132 e. The van der Waals surface area contributed by atoms with Crippen molar-refractivity contribution in [1.29, 1.82) is 0 Å². The molecule has 164 valence electrons. The standard InChI is InChI=1S/C24H22Cl2FN5/c25-21-7-6-19(14-22(21)26)32-16-17(24(29-32)20-4-1-2-5-23(20)27)15-30-12-8-18(9-13-30)31-11-3-10-28-31/h1-7,10-11,14,16,18H,8-9,12-13,15H2. The van der Waals surface area contributed by atoms with E-state index >= 15 is 0 Å². The minimum absolute atomic E-state index is 0.287. The fraction of sp³-hybridized carbons (Fsp3) is 0.250. The Balaban J connectivity index is 1.43. The third kappa shape index (κ3) is 4.31. The molecule has 1 aliphatic rings. The molecule has 0 aliphatic carbocycles.